The van der Waals surface area contributed by atoms with Gasteiger partial charge in [-0.2, -0.15) is 0 Å². The van der Waals surface area contributed by atoms with E-state index in [1.54, 1.807) is 17.0 Å². The Bertz CT molecular complexity index is 577. The third-order valence-corrected chi connectivity index (χ3v) is 3.03. The van der Waals surface area contributed by atoms with Gasteiger partial charge < -0.3 is 9.67 Å². The average molecular weight is 258 g/mol. The maximum atomic E-state index is 10.8. The molecule has 0 amide bonds. The predicted molar refractivity (Wildman–Crippen MR) is 74.0 cm³/mol. The first kappa shape index (κ1) is 13.3. The van der Waals surface area contributed by atoms with Gasteiger partial charge >= 0.3 is 5.97 Å². The molecular formula is C15H18N2O2. The molecule has 0 aliphatic rings. The number of aliphatic carboxylic acids is 1. The maximum absolute atomic E-state index is 10.8. The van der Waals surface area contributed by atoms with Crippen LogP contribution in [0, 0.1) is 0 Å². The van der Waals surface area contributed by atoms with Crippen LogP contribution >= 0.6 is 0 Å². The quantitative estimate of drug-likeness (QED) is 0.921. The number of hydrogen-bond acceptors (Lipinski definition) is 2. The van der Waals surface area contributed by atoms with Gasteiger partial charge in [0.1, 0.15) is 12.4 Å². The van der Waals surface area contributed by atoms with Crippen molar-refractivity contribution in [2.45, 2.75) is 32.7 Å². The molecule has 100 valence electrons. The van der Waals surface area contributed by atoms with E-state index in [2.05, 4.69) is 37.9 Å². The van der Waals surface area contributed by atoms with Crippen molar-refractivity contribution in [2.75, 3.05) is 0 Å². The molecule has 0 radical (unpaired) electrons. The Morgan fingerprint density at radius 3 is 2.42 bits per heavy atom. The van der Waals surface area contributed by atoms with Gasteiger partial charge in [0.25, 0.3) is 0 Å². The molecule has 0 unspecified atom stereocenters. The summed E-state index contributed by atoms with van der Waals surface area (Å²) in [5, 5.41) is 8.86. The lowest BCUT2D eigenvalue weighted by Crippen LogP contribution is -2.11. The van der Waals surface area contributed by atoms with Crippen molar-refractivity contribution < 1.29 is 9.90 Å². The molecule has 2 aromatic rings. The number of nitrogens with zero attached hydrogens (tertiary/aromatic N) is 2. The minimum absolute atomic E-state index is 0.0731. The zero-order valence-corrected chi connectivity index (χ0v) is 11.4. The molecule has 0 aliphatic heterocycles. The van der Waals surface area contributed by atoms with Crippen molar-refractivity contribution in [1.82, 2.24) is 9.55 Å². The molecule has 0 spiro atoms. The highest BCUT2D eigenvalue weighted by Gasteiger charge is 2.14. The Hall–Kier alpha value is -2.10. The van der Waals surface area contributed by atoms with Gasteiger partial charge in [-0.15, -0.1) is 0 Å². The fourth-order valence-corrected chi connectivity index (χ4v) is 1.96. The molecule has 1 N–H and O–H groups in total. The van der Waals surface area contributed by atoms with Crippen LogP contribution in [0.3, 0.4) is 0 Å². The van der Waals surface area contributed by atoms with Crippen LogP contribution in [0.15, 0.2) is 36.7 Å². The molecule has 19 heavy (non-hydrogen) atoms. The zero-order chi connectivity index (χ0) is 14.0. The van der Waals surface area contributed by atoms with Crippen LogP contribution in [0.25, 0.3) is 11.4 Å². The minimum atomic E-state index is -0.870. The van der Waals surface area contributed by atoms with E-state index < -0.39 is 5.97 Å². The average Bonchev–Trinajstić information content (AvgIpc) is 2.75. The molecule has 1 heterocycles. The van der Waals surface area contributed by atoms with Crippen LogP contribution in [0.2, 0.25) is 0 Å². The summed E-state index contributed by atoms with van der Waals surface area (Å²) in [5.41, 5.74) is 2.28. The van der Waals surface area contributed by atoms with Gasteiger partial charge in [0.2, 0.25) is 0 Å². The number of benzene rings is 1. The number of imidazole rings is 1. The predicted octanol–water partition coefficient (Wildman–Crippen LogP) is 2.93. The van der Waals surface area contributed by atoms with E-state index in [4.69, 9.17) is 5.11 Å². The minimum Gasteiger partial charge on any atom is -0.480 e. The Balaban J connectivity index is 2.33. The maximum Gasteiger partial charge on any atom is 0.323 e. The highest BCUT2D eigenvalue weighted by atomic mass is 16.4. The SMILES string of the molecule is CC(C)(C)c1ccc(-c2nccn2CC(=O)O)cc1. The van der Waals surface area contributed by atoms with Gasteiger partial charge in [-0.1, -0.05) is 45.0 Å². The molecule has 0 saturated carbocycles. The summed E-state index contributed by atoms with van der Waals surface area (Å²) in [7, 11) is 0. The topological polar surface area (TPSA) is 55.1 Å². The van der Waals surface area contributed by atoms with E-state index in [1.165, 1.54) is 5.56 Å². The molecule has 0 bridgehead atoms. The van der Waals surface area contributed by atoms with E-state index >= 15 is 0 Å². The van der Waals surface area contributed by atoms with Crippen molar-refractivity contribution in [2.24, 2.45) is 0 Å². The highest BCUT2D eigenvalue weighted by Crippen LogP contribution is 2.25. The van der Waals surface area contributed by atoms with Crippen LogP contribution in [-0.4, -0.2) is 20.6 Å². The lowest BCUT2D eigenvalue weighted by atomic mass is 9.87. The number of carboxylic acids is 1. The summed E-state index contributed by atoms with van der Waals surface area (Å²) in [6.07, 6.45) is 3.30. The lowest BCUT2D eigenvalue weighted by Gasteiger charge is -2.19. The molecule has 2 rings (SSSR count). The number of hydrogen-bond donors (Lipinski definition) is 1. The molecule has 0 atom stereocenters. The van der Waals surface area contributed by atoms with E-state index in [1.807, 2.05) is 12.1 Å². The summed E-state index contributed by atoms with van der Waals surface area (Å²) in [6.45, 7) is 6.41. The molecule has 1 aromatic heterocycles. The molecule has 0 saturated heterocycles. The van der Waals surface area contributed by atoms with Crippen molar-refractivity contribution in [1.29, 1.82) is 0 Å². The van der Waals surface area contributed by atoms with Gasteiger partial charge in [-0.3, -0.25) is 4.79 Å². The summed E-state index contributed by atoms with van der Waals surface area (Å²) in [4.78, 5) is 15.0. The molecule has 0 aliphatic carbocycles. The third-order valence-electron chi connectivity index (χ3n) is 3.03. The monoisotopic (exact) mass is 258 g/mol. The van der Waals surface area contributed by atoms with Gasteiger partial charge in [0.15, 0.2) is 0 Å². The van der Waals surface area contributed by atoms with Crippen molar-refractivity contribution in [3.05, 3.63) is 42.2 Å². The second kappa shape index (κ2) is 4.88. The molecular weight excluding hydrogens is 240 g/mol. The fourth-order valence-electron chi connectivity index (χ4n) is 1.96. The van der Waals surface area contributed by atoms with Crippen molar-refractivity contribution >= 4 is 5.97 Å². The largest absolute Gasteiger partial charge is 0.480 e. The van der Waals surface area contributed by atoms with Gasteiger partial charge in [-0.25, -0.2) is 4.98 Å². The summed E-state index contributed by atoms with van der Waals surface area (Å²) in [6, 6.07) is 8.10. The Morgan fingerprint density at radius 2 is 1.89 bits per heavy atom. The molecule has 4 heteroatoms. The summed E-state index contributed by atoms with van der Waals surface area (Å²) < 4.78 is 1.63. The van der Waals surface area contributed by atoms with Gasteiger partial charge in [0.05, 0.1) is 0 Å². The van der Waals surface area contributed by atoms with Crippen molar-refractivity contribution in [3.63, 3.8) is 0 Å². The summed E-state index contributed by atoms with van der Waals surface area (Å²) in [5.74, 6) is -0.187. The first-order valence-corrected chi connectivity index (χ1v) is 6.22. The zero-order valence-electron chi connectivity index (χ0n) is 11.4. The van der Waals surface area contributed by atoms with Gasteiger partial charge in [0, 0.05) is 18.0 Å². The van der Waals surface area contributed by atoms with Crippen LogP contribution in [0.4, 0.5) is 0 Å². The van der Waals surface area contributed by atoms with Crippen molar-refractivity contribution in [3.8, 4) is 11.4 Å². The number of carbonyl (C=O) groups is 1. The van der Waals surface area contributed by atoms with Crippen LogP contribution in [0.1, 0.15) is 26.3 Å². The van der Waals surface area contributed by atoms with E-state index in [9.17, 15) is 4.79 Å². The van der Waals surface area contributed by atoms with E-state index in [0.29, 0.717) is 5.82 Å². The Kier molecular flexibility index (Phi) is 3.42. The normalized spacial score (nSPS) is 11.5. The molecule has 4 nitrogen and oxygen atoms in total. The second-order valence-corrected chi connectivity index (χ2v) is 5.60. The van der Waals surface area contributed by atoms with Crippen LogP contribution < -0.4 is 0 Å². The first-order chi connectivity index (χ1) is 8.88. The molecule has 1 aromatic carbocycles. The van der Waals surface area contributed by atoms with Gasteiger partial charge in [-0.05, 0) is 11.0 Å². The van der Waals surface area contributed by atoms with Crippen LogP contribution in [-0.2, 0) is 16.8 Å². The number of rotatable bonds is 3. The number of carboxylic acid groups (broad SMARTS) is 1. The lowest BCUT2D eigenvalue weighted by molar-refractivity contribution is -0.137. The molecule has 0 fully saturated rings. The smallest absolute Gasteiger partial charge is 0.323 e. The Morgan fingerprint density at radius 1 is 1.26 bits per heavy atom. The van der Waals surface area contributed by atoms with Crippen LogP contribution in [0.5, 0.6) is 0 Å². The Labute approximate surface area is 112 Å². The van der Waals surface area contributed by atoms with E-state index in [0.717, 1.165) is 5.56 Å². The second-order valence-electron chi connectivity index (χ2n) is 5.60. The first-order valence-electron chi connectivity index (χ1n) is 6.22. The highest BCUT2D eigenvalue weighted by molar-refractivity contribution is 5.68. The standard InChI is InChI=1S/C15H18N2O2/c1-15(2,3)12-6-4-11(5-7-12)14-16-8-9-17(14)10-13(18)19/h4-9H,10H2,1-3H3,(H,18,19). The number of aromatic nitrogens is 2. The summed E-state index contributed by atoms with van der Waals surface area (Å²) >= 11 is 0. The fraction of sp³-hybridized carbons (Fsp3) is 0.333. The van der Waals surface area contributed by atoms with E-state index in [-0.39, 0.29) is 12.0 Å². The third kappa shape index (κ3) is 3.02.